The van der Waals surface area contributed by atoms with Gasteiger partial charge in [0, 0.05) is 22.3 Å². The molecule has 4 heteroatoms. The van der Waals surface area contributed by atoms with E-state index in [9.17, 15) is 0 Å². The first-order valence-electron chi connectivity index (χ1n) is 5.73. The summed E-state index contributed by atoms with van der Waals surface area (Å²) < 4.78 is 3.03. The summed E-state index contributed by atoms with van der Waals surface area (Å²) in [6.07, 6.45) is 1.93. The highest BCUT2D eigenvalue weighted by Gasteiger charge is 2.09. The Hall–Kier alpha value is -1.13. The fourth-order valence-corrected chi connectivity index (χ4v) is 2.20. The van der Waals surface area contributed by atoms with E-state index in [-0.39, 0.29) is 0 Å². The van der Waals surface area contributed by atoms with Crippen LogP contribution in [-0.4, -0.2) is 16.3 Å². The number of nitrogens with zero attached hydrogens (tertiary/aromatic N) is 2. The molecule has 1 aromatic carbocycles. The van der Waals surface area contributed by atoms with E-state index in [1.165, 1.54) is 11.3 Å². The van der Waals surface area contributed by atoms with Gasteiger partial charge < -0.3 is 5.32 Å². The number of hydrogen-bond donors (Lipinski definition) is 1. The molecule has 1 aromatic heterocycles. The first-order chi connectivity index (χ1) is 8.24. The lowest BCUT2D eigenvalue weighted by atomic mass is 10.2. The Labute approximate surface area is 110 Å². The topological polar surface area (TPSA) is 29.9 Å². The minimum Gasteiger partial charge on any atom is -0.313 e. The molecule has 17 heavy (non-hydrogen) atoms. The van der Waals surface area contributed by atoms with Crippen LogP contribution >= 0.6 is 15.9 Å². The molecule has 1 N–H and O–H groups in total. The molecule has 0 spiro atoms. The highest BCUT2D eigenvalue weighted by Crippen LogP contribution is 2.22. The third kappa shape index (κ3) is 2.58. The number of halogens is 1. The minimum atomic E-state index is 0.868. The second-order valence-electron chi connectivity index (χ2n) is 3.90. The van der Waals surface area contributed by atoms with Crippen molar-refractivity contribution >= 4 is 15.9 Å². The fraction of sp³-hybridized carbons (Fsp3) is 0.308. The second-order valence-corrected chi connectivity index (χ2v) is 4.75. The molecule has 0 unspecified atom stereocenters. The Morgan fingerprint density at radius 1 is 1.35 bits per heavy atom. The predicted octanol–water partition coefficient (Wildman–Crippen LogP) is 3.05. The highest BCUT2D eigenvalue weighted by atomic mass is 79.9. The van der Waals surface area contributed by atoms with Gasteiger partial charge in [-0.05, 0) is 41.5 Å². The maximum absolute atomic E-state index is 4.45. The quantitative estimate of drug-likeness (QED) is 0.939. The smallest absolute Gasteiger partial charge is 0.0790 e. The second kappa shape index (κ2) is 5.47. The van der Waals surface area contributed by atoms with Gasteiger partial charge in [0.25, 0.3) is 0 Å². The lowest BCUT2D eigenvalue weighted by Crippen LogP contribution is -2.12. The van der Waals surface area contributed by atoms with Crippen molar-refractivity contribution in [3.63, 3.8) is 0 Å². The van der Waals surface area contributed by atoms with E-state index in [0.717, 1.165) is 23.2 Å². The molecule has 2 aromatic rings. The number of para-hydroxylation sites is 1. The molecule has 0 amide bonds. The van der Waals surface area contributed by atoms with Gasteiger partial charge in [-0.25, -0.2) is 4.68 Å². The first-order valence-corrected chi connectivity index (χ1v) is 6.52. The molecule has 0 atom stereocenters. The third-order valence-corrected chi connectivity index (χ3v) is 3.43. The van der Waals surface area contributed by atoms with Crippen molar-refractivity contribution in [1.82, 2.24) is 15.1 Å². The van der Waals surface area contributed by atoms with E-state index in [2.05, 4.69) is 46.3 Å². The summed E-state index contributed by atoms with van der Waals surface area (Å²) in [4.78, 5) is 0. The summed E-state index contributed by atoms with van der Waals surface area (Å²) in [5.74, 6) is 0. The standard InChI is InChI=1S/C13H16BrN3/c1-3-15-8-11-9-16-17(10(11)2)13-7-5-4-6-12(13)14/h4-7,9,15H,3,8H2,1-2H3. The monoisotopic (exact) mass is 293 g/mol. The summed E-state index contributed by atoms with van der Waals surface area (Å²) in [6.45, 7) is 6.04. The number of aromatic nitrogens is 2. The van der Waals surface area contributed by atoms with Crippen molar-refractivity contribution in [3.8, 4) is 5.69 Å². The van der Waals surface area contributed by atoms with Crippen molar-refractivity contribution in [2.45, 2.75) is 20.4 Å². The van der Waals surface area contributed by atoms with Crippen molar-refractivity contribution < 1.29 is 0 Å². The van der Waals surface area contributed by atoms with Crippen molar-refractivity contribution in [1.29, 1.82) is 0 Å². The van der Waals surface area contributed by atoms with Crippen LogP contribution in [0.3, 0.4) is 0 Å². The maximum Gasteiger partial charge on any atom is 0.0790 e. The van der Waals surface area contributed by atoms with Crippen LogP contribution in [0.15, 0.2) is 34.9 Å². The van der Waals surface area contributed by atoms with E-state index in [0.29, 0.717) is 0 Å². The SMILES string of the molecule is CCNCc1cnn(-c2ccccc2Br)c1C. The van der Waals surface area contributed by atoms with Gasteiger partial charge >= 0.3 is 0 Å². The van der Waals surface area contributed by atoms with Crippen molar-refractivity contribution in [3.05, 3.63) is 46.2 Å². The van der Waals surface area contributed by atoms with Gasteiger partial charge in [-0.1, -0.05) is 19.1 Å². The largest absolute Gasteiger partial charge is 0.313 e. The summed E-state index contributed by atoms with van der Waals surface area (Å²) in [6, 6.07) is 8.11. The number of hydrogen-bond acceptors (Lipinski definition) is 2. The maximum atomic E-state index is 4.45. The Morgan fingerprint density at radius 2 is 2.12 bits per heavy atom. The molecular weight excluding hydrogens is 278 g/mol. The van der Waals surface area contributed by atoms with E-state index in [1.807, 2.05) is 29.1 Å². The molecule has 0 radical (unpaired) electrons. The van der Waals surface area contributed by atoms with Gasteiger partial charge in [0.1, 0.15) is 0 Å². The summed E-state index contributed by atoms with van der Waals surface area (Å²) in [7, 11) is 0. The lowest BCUT2D eigenvalue weighted by Gasteiger charge is -2.07. The van der Waals surface area contributed by atoms with Crippen LogP contribution in [0.25, 0.3) is 5.69 Å². The van der Waals surface area contributed by atoms with Gasteiger partial charge in [0.05, 0.1) is 11.9 Å². The molecule has 1 heterocycles. The zero-order valence-electron chi connectivity index (χ0n) is 10.1. The zero-order chi connectivity index (χ0) is 12.3. The molecule has 90 valence electrons. The van der Waals surface area contributed by atoms with E-state index >= 15 is 0 Å². The van der Waals surface area contributed by atoms with Crippen molar-refractivity contribution in [2.75, 3.05) is 6.54 Å². The Morgan fingerprint density at radius 3 is 2.82 bits per heavy atom. The van der Waals surface area contributed by atoms with Crippen LogP contribution in [0.1, 0.15) is 18.2 Å². The van der Waals surface area contributed by atoms with E-state index < -0.39 is 0 Å². The average molecular weight is 294 g/mol. The molecule has 0 saturated heterocycles. The molecule has 2 rings (SSSR count). The van der Waals surface area contributed by atoms with Crippen molar-refractivity contribution in [2.24, 2.45) is 0 Å². The number of benzene rings is 1. The Kier molecular flexibility index (Phi) is 3.97. The molecule has 0 aliphatic rings. The zero-order valence-corrected chi connectivity index (χ0v) is 11.7. The summed E-state index contributed by atoms with van der Waals surface area (Å²) in [5.41, 5.74) is 3.49. The summed E-state index contributed by atoms with van der Waals surface area (Å²) in [5, 5.41) is 7.77. The van der Waals surface area contributed by atoms with Gasteiger partial charge in [-0.3, -0.25) is 0 Å². The van der Waals surface area contributed by atoms with Gasteiger partial charge in [-0.2, -0.15) is 5.10 Å². The van der Waals surface area contributed by atoms with Crippen LogP contribution in [-0.2, 0) is 6.54 Å². The fourth-order valence-electron chi connectivity index (χ4n) is 1.74. The van der Waals surface area contributed by atoms with E-state index in [4.69, 9.17) is 0 Å². The van der Waals surface area contributed by atoms with Gasteiger partial charge in [0.2, 0.25) is 0 Å². The third-order valence-electron chi connectivity index (χ3n) is 2.76. The molecule has 3 nitrogen and oxygen atoms in total. The molecule has 0 aliphatic carbocycles. The molecular formula is C13H16BrN3. The molecule has 0 fully saturated rings. The van der Waals surface area contributed by atoms with Crippen LogP contribution < -0.4 is 5.32 Å². The van der Waals surface area contributed by atoms with E-state index in [1.54, 1.807) is 0 Å². The highest BCUT2D eigenvalue weighted by molar-refractivity contribution is 9.10. The number of rotatable bonds is 4. The first kappa shape index (κ1) is 12.3. The van der Waals surface area contributed by atoms with Gasteiger partial charge in [-0.15, -0.1) is 0 Å². The van der Waals surface area contributed by atoms with Gasteiger partial charge in [0.15, 0.2) is 0 Å². The Bertz CT molecular complexity index is 505. The van der Waals surface area contributed by atoms with Crippen LogP contribution in [0, 0.1) is 6.92 Å². The van der Waals surface area contributed by atoms with Crippen LogP contribution in [0.2, 0.25) is 0 Å². The van der Waals surface area contributed by atoms with Crippen LogP contribution in [0.4, 0.5) is 0 Å². The van der Waals surface area contributed by atoms with Crippen LogP contribution in [0.5, 0.6) is 0 Å². The molecule has 0 aliphatic heterocycles. The molecule has 0 saturated carbocycles. The Balaban J connectivity index is 2.34. The minimum absolute atomic E-state index is 0.868. The normalized spacial score (nSPS) is 10.8. The predicted molar refractivity (Wildman–Crippen MR) is 73.4 cm³/mol. The lowest BCUT2D eigenvalue weighted by molar-refractivity contribution is 0.721. The summed E-state index contributed by atoms with van der Waals surface area (Å²) >= 11 is 3.55. The number of nitrogens with one attached hydrogen (secondary N) is 1. The average Bonchev–Trinajstić information content (AvgIpc) is 2.69. The molecule has 0 bridgehead atoms.